The van der Waals surface area contributed by atoms with E-state index in [9.17, 15) is 19.2 Å². The van der Waals surface area contributed by atoms with Gasteiger partial charge in [0, 0.05) is 29.0 Å². The molecule has 2 atom stereocenters. The van der Waals surface area contributed by atoms with Crippen molar-refractivity contribution in [3.63, 3.8) is 0 Å². The summed E-state index contributed by atoms with van der Waals surface area (Å²) in [4.78, 5) is 29.6. The lowest BCUT2D eigenvalue weighted by Gasteiger charge is -2.29. The second kappa shape index (κ2) is 8.00. The first-order valence-electron chi connectivity index (χ1n) is 9.35. The highest BCUT2D eigenvalue weighted by molar-refractivity contribution is 5.99. The van der Waals surface area contributed by atoms with E-state index in [4.69, 9.17) is 9.15 Å². The summed E-state index contributed by atoms with van der Waals surface area (Å²) in [7, 11) is 0. The number of carbonyl (C=O) groups excluding carboxylic acids is 1. The van der Waals surface area contributed by atoms with Gasteiger partial charge in [0.15, 0.2) is 5.43 Å². The Morgan fingerprint density at radius 1 is 1.34 bits per heavy atom. The number of aliphatic imine (C=N–C) groups is 1. The van der Waals surface area contributed by atoms with Crippen molar-refractivity contribution < 1.29 is 18.3 Å². The molecule has 2 heterocycles. The molecule has 0 saturated carbocycles. The lowest BCUT2D eigenvalue weighted by Crippen LogP contribution is -2.30. The maximum absolute atomic E-state index is 14.4. The maximum Gasteiger partial charge on any atom is 0.336 e. The van der Waals surface area contributed by atoms with Crippen LogP contribution in [0, 0.1) is 30.0 Å². The van der Waals surface area contributed by atoms with Gasteiger partial charge >= 0.3 is 5.97 Å². The molecule has 150 valence electrons. The number of rotatable bonds is 4. The molecule has 0 radical (unpaired) electrons. The minimum Gasteiger partial charge on any atom is -0.462 e. The predicted octanol–water partition coefficient (Wildman–Crippen LogP) is 4.17. The van der Waals surface area contributed by atoms with Crippen molar-refractivity contribution in [2.75, 3.05) is 6.61 Å². The van der Waals surface area contributed by atoms with E-state index >= 15 is 0 Å². The molecule has 3 rings (SSSR count). The van der Waals surface area contributed by atoms with Gasteiger partial charge in [-0.05, 0) is 33.3 Å². The van der Waals surface area contributed by atoms with E-state index < -0.39 is 29.1 Å². The van der Waals surface area contributed by atoms with Crippen molar-refractivity contribution in [1.29, 1.82) is 5.26 Å². The van der Waals surface area contributed by atoms with Crippen molar-refractivity contribution in [3.05, 3.63) is 56.8 Å². The van der Waals surface area contributed by atoms with Crippen LogP contribution in [0.1, 0.15) is 44.4 Å². The van der Waals surface area contributed by atoms with Gasteiger partial charge in [0.1, 0.15) is 22.5 Å². The largest absolute Gasteiger partial charge is 0.462 e. The second-order valence-corrected chi connectivity index (χ2v) is 7.03. The van der Waals surface area contributed by atoms with E-state index in [2.05, 4.69) is 11.1 Å². The monoisotopic (exact) mass is 396 g/mol. The summed E-state index contributed by atoms with van der Waals surface area (Å²) in [6.07, 6.45) is 0.639. The first-order valence-corrected chi connectivity index (χ1v) is 9.35. The Morgan fingerprint density at radius 2 is 2.07 bits per heavy atom. The molecular weight excluding hydrogens is 375 g/mol. The molecule has 0 spiro atoms. The predicted molar refractivity (Wildman–Crippen MR) is 106 cm³/mol. The Balaban J connectivity index is 2.33. The van der Waals surface area contributed by atoms with E-state index in [1.54, 1.807) is 20.8 Å². The average molecular weight is 396 g/mol. The molecule has 0 bridgehead atoms. The molecule has 0 fully saturated rings. The van der Waals surface area contributed by atoms with Crippen molar-refractivity contribution in [3.8, 4) is 6.07 Å². The molecule has 0 N–H and O–H groups in total. The highest BCUT2D eigenvalue weighted by atomic mass is 19.1. The first-order chi connectivity index (χ1) is 13.8. The van der Waals surface area contributed by atoms with Crippen LogP contribution < -0.4 is 5.43 Å². The second-order valence-electron chi connectivity index (χ2n) is 7.03. The summed E-state index contributed by atoms with van der Waals surface area (Å²) < 4.78 is 25.5. The number of hydrogen-bond acceptors (Lipinski definition) is 6. The maximum atomic E-state index is 14.4. The Kier molecular flexibility index (Phi) is 5.64. The number of allylic oxidation sites excluding steroid dienone is 1. The van der Waals surface area contributed by atoms with Crippen LogP contribution in [0.3, 0.4) is 0 Å². The molecule has 29 heavy (non-hydrogen) atoms. The fourth-order valence-corrected chi connectivity index (χ4v) is 3.68. The molecule has 1 aromatic carbocycles. The number of nitrogens with zero attached hydrogens (tertiary/aromatic N) is 2. The number of carbonyl (C=O) groups is 1. The molecule has 1 aromatic heterocycles. The van der Waals surface area contributed by atoms with Gasteiger partial charge in [0.05, 0.1) is 24.2 Å². The van der Waals surface area contributed by atoms with E-state index in [0.29, 0.717) is 29.2 Å². The number of ether oxygens (including phenoxy) is 1. The van der Waals surface area contributed by atoms with Crippen LogP contribution in [0.25, 0.3) is 11.0 Å². The number of hydrogen-bond donors (Lipinski definition) is 0. The van der Waals surface area contributed by atoms with Gasteiger partial charge in [0.2, 0.25) is 0 Å². The topological polar surface area (TPSA) is 92.7 Å². The lowest BCUT2D eigenvalue weighted by molar-refractivity contribution is -0.139. The molecule has 1 aliphatic rings. The minimum absolute atomic E-state index is 0.0311. The fourth-order valence-electron chi connectivity index (χ4n) is 3.68. The molecule has 0 aliphatic carbocycles. The quantitative estimate of drug-likeness (QED) is 0.723. The van der Waals surface area contributed by atoms with Crippen LogP contribution in [0.5, 0.6) is 0 Å². The zero-order valence-electron chi connectivity index (χ0n) is 16.7. The Bertz CT molecular complexity index is 1150. The van der Waals surface area contributed by atoms with Gasteiger partial charge < -0.3 is 9.15 Å². The lowest BCUT2D eigenvalue weighted by atomic mass is 9.76. The number of nitriles is 1. The zero-order valence-corrected chi connectivity index (χ0v) is 16.7. The van der Waals surface area contributed by atoms with E-state index in [-0.39, 0.29) is 23.1 Å². The Hall–Kier alpha value is -3.27. The number of benzene rings is 1. The highest BCUT2D eigenvalue weighted by Crippen LogP contribution is 2.42. The summed E-state index contributed by atoms with van der Waals surface area (Å²) in [6.45, 7) is 7.05. The average Bonchev–Trinajstić information content (AvgIpc) is 2.65. The van der Waals surface area contributed by atoms with Gasteiger partial charge in [-0.25, -0.2) is 9.18 Å². The third kappa shape index (κ3) is 3.58. The summed E-state index contributed by atoms with van der Waals surface area (Å²) in [5.41, 5.74) is 1.05. The molecule has 7 heteroatoms. The smallest absolute Gasteiger partial charge is 0.336 e. The molecule has 0 saturated heterocycles. The zero-order chi connectivity index (χ0) is 21.3. The van der Waals surface area contributed by atoms with Gasteiger partial charge in [-0.2, -0.15) is 5.26 Å². The van der Waals surface area contributed by atoms with Crippen LogP contribution >= 0.6 is 0 Å². The minimum atomic E-state index is -0.796. The number of aryl methyl sites for hydroxylation is 1. The first kappa shape index (κ1) is 20.5. The SMILES string of the molecule is CCCOC(=O)C1=C(C)N=C(C)C(C#N)C1c1ccc(F)c2c(=O)cc(C)oc12. The van der Waals surface area contributed by atoms with Crippen molar-refractivity contribution in [2.45, 2.75) is 40.0 Å². The summed E-state index contributed by atoms with van der Waals surface area (Å²) in [5.74, 6) is -2.58. The van der Waals surface area contributed by atoms with E-state index in [0.717, 1.165) is 6.07 Å². The van der Waals surface area contributed by atoms with Gasteiger partial charge in [-0.15, -0.1) is 0 Å². The Morgan fingerprint density at radius 3 is 2.72 bits per heavy atom. The van der Waals surface area contributed by atoms with Crippen LogP contribution in [0.15, 0.2) is 43.7 Å². The van der Waals surface area contributed by atoms with Gasteiger partial charge in [-0.3, -0.25) is 9.79 Å². The van der Waals surface area contributed by atoms with E-state index in [1.165, 1.54) is 12.1 Å². The fraction of sp³-hybridized carbons (Fsp3) is 0.364. The molecule has 2 aromatic rings. The van der Waals surface area contributed by atoms with Crippen LogP contribution in [0.4, 0.5) is 4.39 Å². The Labute approximate surface area is 167 Å². The number of halogens is 1. The molecule has 0 amide bonds. The van der Waals surface area contributed by atoms with Gasteiger partial charge in [-0.1, -0.05) is 13.0 Å². The van der Waals surface area contributed by atoms with Crippen molar-refractivity contribution in [2.24, 2.45) is 10.9 Å². The summed E-state index contributed by atoms with van der Waals surface area (Å²) in [5, 5.41) is 9.61. The molecule has 1 aliphatic heterocycles. The van der Waals surface area contributed by atoms with E-state index in [1.807, 2.05) is 6.92 Å². The molecule has 2 unspecified atom stereocenters. The third-order valence-electron chi connectivity index (χ3n) is 4.94. The van der Waals surface area contributed by atoms with Crippen LogP contribution in [-0.4, -0.2) is 18.3 Å². The number of esters is 1. The summed E-state index contributed by atoms with van der Waals surface area (Å²) in [6, 6.07) is 6.01. The van der Waals surface area contributed by atoms with Gasteiger partial charge in [0.25, 0.3) is 0 Å². The normalized spacial score (nSPS) is 19.1. The van der Waals surface area contributed by atoms with Crippen molar-refractivity contribution >= 4 is 22.7 Å². The number of fused-ring (bicyclic) bond motifs is 1. The standard InChI is InChI=1S/C22H21FN2O4/c1-5-8-28-22(27)18-13(4)25-12(3)15(10-24)19(18)14-6-7-16(23)20-17(26)9-11(2)29-21(14)20/h6-7,9,15,19H,5,8H2,1-4H3. The third-order valence-corrected chi connectivity index (χ3v) is 4.94. The molecule has 6 nitrogen and oxygen atoms in total. The van der Waals surface area contributed by atoms with Crippen molar-refractivity contribution in [1.82, 2.24) is 0 Å². The molecular formula is C22H21FN2O4. The summed E-state index contributed by atoms with van der Waals surface area (Å²) >= 11 is 0. The van der Waals surface area contributed by atoms with Crippen LogP contribution in [0.2, 0.25) is 0 Å². The highest BCUT2D eigenvalue weighted by Gasteiger charge is 2.39. The van der Waals surface area contributed by atoms with Crippen LogP contribution in [-0.2, 0) is 9.53 Å².